The summed E-state index contributed by atoms with van der Waals surface area (Å²) >= 11 is 0. The maximum atomic E-state index is 3.91. The third kappa shape index (κ3) is 4.03. The number of nitrogens with zero attached hydrogens (tertiary/aromatic N) is 2. The second-order valence-corrected chi connectivity index (χ2v) is 1.79. The van der Waals surface area contributed by atoms with Gasteiger partial charge in [-0.05, 0) is 6.92 Å². The summed E-state index contributed by atoms with van der Waals surface area (Å²) in [4.78, 5) is 7.82. The van der Waals surface area contributed by atoms with Gasteiger partial charge in [-0.2, -0.15) is 0 Å². The molecule has 0 N–H and O–H groups in total. The summed E-state index contributed by atoms with van der Waals surface area (Å²) in [6.45, 7) is 12.6. The number of rotatable bonds is 4. The van der Waals surface area contributed by atoms with Crippen molar-refractivity contribution >= 4 is 12.4 Å². The van der Waals surface area contributed by atoms with E-state index in [9.17, 15) is 0 Å². The first-order valence-electron chi connectivity index (χ1n) is 3.24. The van der Waals surface area contributed by atoms with Crippen LogP contribution in [-0.4, -0.2) is 12.4 Å². The molecule has 0 radical (unpaired) electrons. The zero-order valence-electron chi connectivity index (χ0n) is 6.75. The summed E-state index contributed by atoms with van der Waals surface area (Å²) in [5.41, 5.74) is 1.13. The molecule has 2 nitrogen and oxygen atoms in total. The van der Waals surface area contributed by atoms with E-state index < -0.39 is 0 Å². The van der Waals surface area contributed by atoms with Crippen molar-refractivity contribution in [2.75, 3.05) is 0 Å². The standard InChI is InChI=1S/C9H12N2/c1-5-7-11-9(4)8(3)10-6-2/h5-7H,1,3-4H2,2H3/b10-6-,11-7-. The molecule has 58 valence electrons. The molecular formula is C9H12N2. The van der Waals surface area contributed by atoms with Crippen molar-refractivity contribution in [1.29, 1.82) is 0 Å². The van der Waals surface area contributed by atoms with E-state index in [-0.39, 0.29) is 0 Å². The molecule has 0 saturated carbocycles. The number of hydrogen-bond donors (Lipinski definition) is 0. The highest BCUT2D eigenvalue weighted by atomic mass is 14.8. The molecule has 2 heteroatoms. The Morgan fingerprint density at radius 2 is 1.73 bits per heavy atom. The second-order valence-electron chi connectivity index (χ2n) is 1.79. The lowest BCUT2D eigenvalue weighted by Gasteiger charge is -1.94. The molecule has 0 unspecified atom stereocenters. The molecule has 0 aliphatic rings. The first-order valence-corrected chi connectivity index (χ1v) is 3.24. The van der Waals surface area contributed by atoms with Crippen molar-refractivity contribution in [1.82, 2.24) is 0 Å². The van der Waals surface area contributed by atoms with E-state index in [4.69, 9.17) is 0 Å². The summed E-state index contributed by atoms with van der Waals surface area (Å²) in [5.74, 6) is 0. The van der Waals surface area contributed by atoms with E-state index >= 15 is 0 Å². The number of aliphatic imine (C=N–C) groups is 2. The van der Waals surface area contributed by atoms with Crippen molar-refractivity contribution in [2.45, 2.75) is 6.92 Å². The number of allylic oxidation sites excluding steroid dienone is 1. The first-order chi connectivity index (χ1) is 5.22. The molecule has 0 atom stereocenters. The summed E-state index contributed by atoms with van der Waals surface area (Å²) < 4.78 is 0. The zero-order valence-corrected chi connectivity index (χ0v) is 6.75. The summed E-state index contributed by atoms with van der Waals surface area (Å²) in [6.07, 6.45) is 4.78. The number of hydrogen-bond acceptors (Lipinski definition) is 2. The van der Waals surface area contributed by atoms with Crippen LogP contribution in [0.15, 0.2) is 47.2 Å². The van der Waals surface area contributed by atoms with Gasteiger partial charge in [0.25, 0.3) is 0 Å². The Hall–Kier alpha value is -1.44. The Morgan fingerprint density at radius 1 is 1.18 bits per heavy atom. The van der Waals surface area contributed by atoms with E-state index in [2.05, 4.69) is 29.7 Å². The van der Waals surface area contributed by atoms with Crippen LogP contribution in [0.2, 0.25) is 0 Å². The van der Waals surface area contributed by atoms with E-state index in [1.54, 1.807) is 18.5 Å². The lowest BCUT2D eigenvalue weighted by atomic mass is 10.4. The third-order valence-corrected chi connectivity index (χ3v) is 0.954. The van der Waals surface area contributed by atoms with Crippen LogP contribution in [-0.2, 0) is 0 Å². The molecule has 0 rings (SSSR count). The van der Waals surface area contributed by atoms with Gasteiger partial charge in [0.2, 0.25) is 0 Å². The fraction of sp³-hybridized carbons (Fsp3) is 0.111. The minimum atomic E-state index is 0.558. The van der Waals surface area contributed by atoms with Crippen molar-refractivity contribution in [2.24, 2.45) is 9.98 Å². The lowest BCUT2D eigenvalue weighted by molar-refractivity contribution is 1.28. The van der Waals surface area contributed by atoms with Crippen LogP contribution in [0, 0.1) is 0 Å². The van der Waals surface area contributed by atoms with Crippen molar-refractivity contribution < 1.29 is 0 Å². The normalized spacial score (nSPS) is 10.6. The van der Waals surface area contributed by atoms with Crippen LogP contribution in [0.25, 0.3) is 0 Å². The van der Waals surface area contributed by atoms with Gasteiger partial charge < -0.3 is 0 Å². The molecule has 0 aromatic heterocycles. The predicted octanol–water partition coefficient (Wildman–Crippen LogP) is 2.36. The van der Waals surface area contributed by atoms with Crippen molar-refractivity contribution in [3.63, 3.8) is 0 Å². The molecule has 0 saturated heterocycles. The maximum absolute atomic E-state index is 3.91. The smallest absolute Gasteiger partial charge is 0.0808 e. The van der Waals surface area contributed by atoms with Crippen LogP contribution in [0.3, 0.4) is 0 Å². The lowest BCUT2D eigenvalue weighted by Crippen LogP contribution is -1.79. The van der Waals surface area contributed by atoms with Gasteiger partial charge in [0.15, 0.2) is 0 Å². The quantitative estimate of drug-likeness (QED) is 0.432. The van der Waals surface area contributed by atoms with Gasteiger partial charge >= 0.3 is 0 Å². The largest absolute Gasteiger partial charge is 0.260 e. The Morgan fingerprint density at radius 3 is 2.18 bits per heavy atom. The molecule has 0 aliphatic carbocycles. The third-order valence-electron chi connectivity index (χ3n) is 0.954. The van der Waals surface area contributed by atoms with Gasteiger partial charge in [-0.3, -0.25) is 9.98 Å². The van der Waals surface area contributed by atoms with Gasteiger partial charge in [-0.15, -0.1) is 0 Å². The second kappa shape index (κ2) is 5.35. The highest BCUT2D eigenvalue weighted by Gasteiger charge is 1.90. The fourth-order valence-corrected chi connectivity index (χ4v) is 0.448. The summed E-state index contributed by atoms with van der Waals surface area (Å²) in [5, 5.41) is 0. The van der Waals surface area contributed by atoms with Crippen molar-refractivity contribution in [3.05, 3.63) is 37.2 Å². The maximum Gasteiger partial charge on any atom is 0.0808 e. The molecule has 0 aromatic rings. The van der Waals surface area contributed by atoms with E-state index in [1.807, 2.05) is 6.92 Å². The molecule has 0 aliphatic heterocycles. The molecule has 0 heterocycles. The van der Waals surface area contributed by atoms with Crippen LogP contribution in [0.1, 0.15) is 6.92 Å². The van der Waals surface area contributed by atoms with Gasteiger partial charge in [-0.25, -0.2) is 0 Å². The molecule has 0 aromatic carbocycles. The Balaban J connectivity index is 4.14. The Labute approximate surface area is 67.4 Å². The van der Waals surface area contributed by atoms with Gasteiger partial charge in [0, 0.05) is 12.4 Å². The minimum Gasteiger partial charge on any atom is -0.260 e. The van der Waals surface area contributed by atoms with Crippen LogP contribution in [0.5, 0.6) is 0 Å². The average molecular weight is 148 g/mol. The summed E-state index contributed by atoms with van der Waals surface area (Å²) in [7, 11) is 0. The fourth-order valence-electron chi connectivity index (χ4n) is 0.448. The van der Waals surface area contributed by atoms with Gasteiger partial charge in [0.1, 0.15) is 0 Å². The minimum absolute atomic E-state index is 0.558. The van der Waals surface area contributed by atoms with E-state index in [0.717, 1.165) is 0 Å². The van der Waals surface area contributed by atoms with Crippen LogP contribution >= 0.6 is 0 Å². The zero-order chi connectivity index (χ0) is 8.69. The molecule has 0 bridgehead atoms. The van der Waals surface area contributed by atoms with Gasteiger partial charge in [0.05, 0.1) is 11.4 Å². The van der Waals surface area contributed by atoms with E-state index in [0.29, 0.717) is 11.4 Å². The molecule has 11 heavy (non-hydrogen) atoms. The highest BCUT2D eigenvalue weighted by molar-refractivity contribution is 5.72. The summed E-state index contributed by atoms with van der Waals surface area (Å²) in [6, 6.07) is 0. The Kier molecular flexibility index (Phi) is 4.65. The molecule has 0 amide bonds. The highest BCUT2D eigenvalue weighted by Crippen LogP contribution is 2.05. The van der Waals surface area contributed by atoms with Crippen LogP contribution < -0.4 is 0 Å². The first kappa shape index (κ1) is 9.56. The molecule has 0 fully saturated rings. The SMILES string of the molecule is C=C/C=N\C(=C)C(=C)/N=C\C. The van der Waals surface area contributed by atoms with E-state index in [1.165, 1.54) is 0 Å². The monoisotopic (exact) mass is 148 g/mol. The average Bonchev–Trinajstić information content (AvgIpc) is 2.00. The Bertz CT molecular complexity index is 222. The van der Waals surface area contributed by atoms with Gasteiger partial charge in [-0.1, -0.05) is 25.8 Å². The topological polar surface area (TPSA) is 24.7 Å². The van der Waals surface area contributed by atoms with Crippen LogP contribution in [0.4, 0.5) is 0 Å². The molecular weight excluding hydrogens is 136 g/mol. The van der Waals surface area contributed by atoms with Crippen molar-refractivity contribution in [3.8, 4) is 0 Å². The molecule has 0 spiro atoms. The predicted molar refractivity (Wildman–Crippen MR) is 51.1 cm³/mol.